The van der Waals surface area contributed by atoms with Gasteiger partial charge >= 0.3 is 0 Å². The normalized spacial score (nSPS) is 20.8. The Labute approximate surface area is 108 Å². The Morgan fingerprint density at radius 3 is 2.94 bits per heavy atom. The van der Waals surface area contributed by atoms with Gasteiger partial charge in [-0.3, -0.25) is 4.57 Å². The van der Waals surface area contributed by atoms with Crippen molar-refractivity contribution in [1.29, 1.82) is 0 Å². The molecule has 0 saturated carbocycles. The van der Waals surface area contributed by atoms with Crippen LogP contribution in [0.3, 0.4) is 0 Å². The highest BCUT2D eigenvalue weighted by molar-refractivity contribution is 7.71. The molecule has 0 bridgehead atoms. The molecule has 1 saturated heterocycles. The number of anilines is 1. The molecule has 2 heterocycles. The molecule has 96 valence electrons. The predicted molar refractivity (Wildman–Crippen MR) is 73.0 cm³/mol. The van der Waals surface area contributed by atoms with Gasteiger partial charge in [-0.2, -0.15) is 0 Å². The van der Waals surface area contributed by atoms with Gasteiger partial charge in [0.05, 0.1) is 0 Å². The lowest BCUT2D eigenvalue weighted by Crippen LogP contribution is -2.40. The molecule has 0 radical (unpaired) electrons. The lowest BCUT2D eigenvalue weighted by atomic mass is 10.0. The first-order chi connectivity index (χ1) is 8.27. The zero-order valence-electron chi connectivity index (χ0n) is 10.8. The summed E-state index contributed by atoms with van der Waals surface area (Å²) in [6.45, 7) is 6.50. The second-order valence-corrected chi connectivity index (χ2v) is 5.12. The molecule has 1 fully saturated rings. The van der Waals surface area contributed by atoms with E-state index in [1.165, 1.54) is 25.7 Å². The average molecular weight is 254 g/mol. The Morgan fingerprint density at radius 1 is 1.41 bits per heavy atom. The second kappa shape index (κ2) is 5.67. The summed E-state index contributed by atoms with van der Waals surface area (Å²) in [6.07, 6.45) is 6.16. The van der Waals surface area contributed by atoms with Gasteiger partial charge in [0.1, 0.15) is 0 Å². The topological polar surface area (TPSA) is 36.9 Å². The monoisotopic (exact) mass is 254 g/mol. The highest BCUT2D eigenvalue weighted by atomic mass is 32.1. The second-order valence-electron chi connectivity index (χ2n) is 4.73. The van der Waals surface area contributed by atoms with Crippen LogP contribution in [0.25, 0.3) is 0 Å². The van der Waals surface area contributed by atoms with Crippen molar-refractivity contribution in [2.24, 2.45) is 0 Å². The van der Waals surface area contributed by atoms with Gasteiger partial charge in [-0.15, -0.1) is 5.10 Å². The zero-order valence-corrected chi connectivity index (χ0v) is 11.6. The van der Waals surface area contributed by atoms with Crippen LogP contribution in [-0.2, 0) is 6.54 Å². The Bertz CT molecular complexity index is 409. The number of nitrogens with zero attached hydrogens (tertiary/aromatic N) is 3. The van der Waals surface area contributed by atoms with Crippen LogP contribution >= 0.6 is 12.2 Å². The molecule has 1 unspecified atom stereocenters. The molecule has 1 aliphatic heterocycles. The van der Waals surface area contributed by atoms with Gasteiger partial charge in [-0.1, -0.05) is 13.8 Å². The number of piperidine rings is 1. The molecule has 1 aromatic heterocycles. The van der Waals surface area contributed by atoms with Crippen molar-refractivity contribution >= 4 is 18.2 Å². The molecule has 17 heavy (non-hydrogen) atoms. The zero-order chi connectivity index (χ0) is 12.3. The van der Waals surface area contributed by atoms with Crippen molar-refractivity contribution in [2.75, 3.05) is 11.4 Å². The molecular weight excluding hydrogens is 232 g/mol. The van der Waals surface area contributed by atoms with E-state index >= 15 is 0 Å². The van der Waals surface area contributed by atoms with E-state index < -0.39 is 0 Å². The summed E-state index contributed by atoms with van der Waals surface area (Å²) in [6, 6.07) is 0.629. The third-order valence-electron chi connectivity index (χ3n) is 3.54. The quantitative estimate of drug-likeness (QED) is 0.839. The molecule has 2 rings (SSSR count). The third kappa shape index (κ3) is 2.54. The standard InChI is InChI=1S/C12H22N4S/c1-3-8-16-11(13-14-12(16)17)15-9-6-5-7-10(15)4-2/h10H,3-9H2,1-2H3,(H,14,17). The molecule has 1 atom stereocenters. The van der Waals surface area contributed by atoms with E-state index in [2.05, 4.69) is 33.5 Å². The number of rotatable bonds is 4. The van der Waals surface area contributed by atoms with E-state index in [0.29, 0.717) is 6.04 Å². The molecule has 0 spiro atoms. The molecule has 4 nitrogen and oxygen atoms in total. The van der Waals surface area contributed by atoms with Gasteiger partial charge in [-0.05, 0) is 44.3 Å². The van der Waals surface area contributed by atoms with Crippen LogP contribution in [-0.4, -0.2) is 27.4 Å². The molecule has 0 aromatic carbocycles. The van der Waals surface area contributed by atoms with Crippen molar-refractivity contribution < 1.29 is 0 Å². The van der Waals surface area contributed by atoms with Gasteiger partial charge < -0.3 is 4.90 Å². The average Bonchev–Trinajstić information content (AvgIpc) is 2.72. The number of aromatic amines is 1. The van der Waals surface area contributed by atoms with E-state index in [9.17, 15) is 0 Å². The highest BCUT2D eigenvalue weighted by Gasteiger charge is 2.24. The largest absolute Gasteiger partial charge is 0.338 e. The predicted octanol–water partition coefficient (Wildman–Crippen LogP) is 3.12. The van der Waals surface area contributed by atoms with Gasteiger partial charge in [-0.25, -0.2) is 5.10 Å². The Hall–Kier alpha value is -0.840. The summed E-state index contributed by atoms with van der Waals surface area (Å²) in [5, 5.41) is 7.37. The van der Waals surface area contributed by atoms with E-state index in [-0.39, 0.29) is 0 Å². The third-order valence-corrected chi connectivity index (χ3v) is 3.85. The van der Waals surface area contributed by atoms with Gasteiger partial charge in [0.25, 0.3) is 0 Å². The van der Waals surface area contributed by atoms with Crippen molar-refractivity contribution in [1.82, 2.24) is 14.8 Å². The number of hydrogen-bond donors (Lipinski definition) is 1. The Kier molecular flexibility index (Phi) is 4.20. The van der Waals surface area contributed by atoms with E-state index in [1.807, 2.05) is 0 Å². The minimum Gasteiger partial charge on any atom is -0.338 e. The summed E-state index contributed by atoms with van der Waals surface area (Å²) < 4.78 is 2.89. The summed E-state index contributed by atoms with van der Waals surface area (Å²) in [7, 11) is 0. The van der Waals surface area contributed by atoms with Crippen LogP contribution in [0, 0.1) is 4.77 Å². The van der Waals surface area contributed by atoms with Crippen LogP contribution < -0.4 is 4.90 Å². The van der Waals surface area contributed by atoms with Crippen LogP contribution in [0.2, 0.25) is 0 Å². The summed E-state index contributed by atoms with van der Waals surface area (Å²) in [4.78, 5) is 2.44. The Balaban J connectivity index is 2.28. The van der Waals surface area contributed by atoms with E-state index in [4.69, 9.17) is 12.2 Å². The summed E-state index contributed by atoms with van der Waals surface area (Å²) in [5.74, 6) is 1.04. The first-order valence-corrected chi connectivity index (χ1v) is 7.10. The lowest BCUT2D eigenvalue weighted by Gasteiger charge is -2.35. The van der Waals surface area contributed by atoms with Gasteiger partial charge in [0, 0.05) is 19.1 Å². The number of aromatic nitrogens is 3. The molecule has 0 aliphatic carbocycles. The van der Waals surface area contributed by atoms with Crippen LogP contribution in [0.1, 0.15) is 46.0 Å². The van der Waals surface area contributed by atoms with Crippen molar-refractivity contribution in [3.63, 3.8) is 0 Å². The van der Waals surface area contributed by atoms with Crippen molar-refractivity contribution in [3.8, 4) is 0 Å². The molecule has 1 aromatic rings. The molecule has 0 amide bonds. The highest BCUT2D eigenvalue weighted by Crippen LogP contribution is 2.25. The summed E-state index contributed by atoms with van der Waals surface area (Å²) in [5.41, 5.74) is 0. The maximum absolute atomic E-state index is 5.30. The first kappa shape index (κ1) is 12.6. The van der Waals surface area contributed by atoms with Crippen molar-refractivity contribution in [2.45, 2.75) is 58.5 Å². The number of nitrogens with one attached hydrogen (secondary N) is 1. The number of H-pyrrole nitrogens is 1. The molecular formula is C12H22N4S. The minimum absolute atomic E-state index is 0.629. The fourth-order valence-corrected chi connectivity index (χ4v) is 2.86. The fourth-order valence-electron chi connectivity index (χ4n) is 2.64. The Morgan fingerprint density at radius 2 is 2.24 bits per heavy atom. The molecule has 1 aliphatic rings. The smallest absolute Gasteiger partial charge is 0.225 e. The van der Waals surface area contributed by atoms with Crippen LogP contribution in [0.5, 0.6) is 0 Å². The number of hydrogen-bond acceptors (Lipinski definition) is 3. The van der Waals surface area contributed by atoms with Gasteiger partial charge in [0.15, 0.2) is 4.77 Å². The SMILES string of the molecule is CCCn1c(N2CCCCC2CC)n[nH]c1=S. The van der Waals surface area contributed by atoms with E-state index in [1.54, 1.807) is 0 Å². The van der Waals surface area contributed by atoms with Crippen molar-refractivity contribution in [3.05, 3.63) is 4.77 Å². The molecule has 5 heteroatoms. The minimum atomic E-state index is 0.629. The fraction of sp³-hybridized carbons (Fsp3) is 0.833. The van der Waals surface area contributed by atoms with E-state index in [0.717, 1.165) is 30.2 Å². The van der Waals surface area contributed by atoms with Gasteiger partial charge in [0.2, 0.25) is 5.95 Å². The van der Waals surface area contributed by atoms with Crippen LogP contribution in [0.15, 0.2) is 0 Å². The maximum Gasteiger partial charge on any atom is 0.225 e. The lowest BCUT2D eigenvalue weighted by molar-refractivity contribution is 0.436. The van der Waals surface area contributed by atoms with Crippen LogP contribution in [0.4, 0.5) is 5.95 Å². The first-order valence-electron chi connectivity index (χ1n) is 6.69. The summed E-state index contributed by atoms with van der Waals surface area (Å²) >= 11 is 5.30. The maximum atomic E-state index is 5.30. The molecule has 1 N–H and O–H groups in total.